The minimum Gasteiger partial charge on any atom is -0.339 e. The predicted molar refractivity (Wildman–Crippen MR) is 94.5 cm³/mol. The van der Waals surface area contributed by atoms with Gasteiger partial charge in [-0.2, -0.15) is 0 Å². The van der Waals surface area contributed by atoms with Gasteiger partial charge >= 0.3 is 0 Å². The molecule has 2 aliphatic heterocycles. The number of piperidine rings is 1. The number of sulfonamides is 1. The highest BCUT2D eigenvalue weighted by molar-refractivity contribution is 7.93. The van der Waals surface area contributed by atoms with Crippen LogP contribution in [0.5, 0.6) is 0 Å². The summed E-state index contributed by atoms with van der Waals surface area (Å²) in [5.41, 5.74) is 7.09. The van der Waals surface area contributed by atoms with Gasteiger partial charge in [-0.3, -0.25) is 9.10 Å². The zero-order valence-electron chi connectivity index (χ0n) is 14.0. The van der Waals surface area contributed by atoms with Gasteiger partial charge in [0.25, 0.3) is 5.91 Å². The molecule has 2 saturated heterocycles. The third-order valence-corrected chi connectivity index (χ3v) is 6.92. The first kappa shape index (κ1) is 17.2. The number of amides is 1. The number of nitrogens with zero attached hydrogens (tertiary/aromatic N) is 2. The molecule has 1 unspecified atom stereocenters. The topological polar surface area (TPSA) is 83.7 Å². The Morgan fingerprint density at radius 1 is 1.25 bits per heavy atom. The second-order valence-corrected chi connectivity index (χ2v) is 8.79. The highest BCUT2D eigenvalue weighted by Gasteiger charge is 2.30. The molecule has 24 heavy (non-hydrogen) atoms. The Morgan fingerprint density at radius 3 is 2.54 bits per heavy atom. The molecule has 0 saturated carbocycles. The minimum atomic E-state index is -3.23. The molecular weight excluding hydrogens is 326 g/mol. The van der Waals surface area contributed by atoms with Crippen LogP contribution in [0.4, 0.5) is 5.69 Å². The van der Waals surface area contributed by atoms with Crippen LogP contribution < -0.4 is 10.0 Å². The van der Waals surface area contributed by atoms with Crippen LogP contribution in [0.1, 0.15) is 36.5 Å². The Bertz CT molecular complexity index is 710. The molecule has 2 heterocycles. The van der Waals surface area contributed by atoms with Gasteiger partial charge in [0.1, 0.15) is 0 Å². The first-order chi connectivity index (χ1) is 11.4. The van der Waals surface area contributed by atoms with Crippen LogP contribution in [0.25, 0.3) is 0 Å². The van der Waals surface area contributed by atoms with Crippen molar-refractivity contribution in [1.29, 1.82) is 0 Å². The van der Waals surface area contributed by atoms with Gasteiger partial charge < -0.3 is 10.6 Å². The van der Waals surface area contributed by atoms with E-state index in [-0.39, 0.29) is 17.7 Å². The van der Waals surface area contributed by atoms with Crippen molar-refractivity contribution in [2.75, 3.05) is 29.7 Å². The lowest BCUT2D eigenvalue weighted by molar-refractivity contribution is 0.0681. The van der Waals surface area contributed by atoms with Crippen LogP contribution >= 0.6 is 0 Å². The van der Waals surface area contributed by atoms with Crippen molar-refractivity contribution in [3.05, 3.63) is 29.8 Å². The highest BCUT2D eigenvalue weighted by atomic mass is 32.2. The van der Waals surface area contributed by atoms with Crippen molar-refractivity contribution in [1.82, 2.24) is 4.90 Å². The van der Waals surface area contributed by atoms with Crippen molar-refractivity contribution in [2.45, 2.75) is 32.2 Å². The number of hydrogen-bond acceptors (Lipinski definition) is 4. The lowest BCUT2D eigenvalue weighted by Crippen LogP contribution is -2.42. The van der Waals surface area contributed by atoms with Gasteiger partial charge in [0, 0.05) is 31.2 Å². The summed E-state index contributed by atoms with van der Waals surface area (Å²) in [5.74, 6) is 0.613. The monoisotopic (exact) mass is 351 g/mol. The number of anilines is 1. The van der Waals surface area contributed by atoms with E-state index in [1.54, 1.807) is 24.3 Å². The van der Waals surface area contributed by atoms with Crippen LogP contribution in [-0.4, -0.2) is 50.7 Å². The lowest BCUT2D eigenvalue weighted by atomic mass is 9.90. The van der Waals surface area contributed by atoms with Gasteiger partial charge in [-0.1, -0.05) is 6.07 Å². The molecule has 1 aromatic rings. The summed E-state index contributed by atoms with van der Waals surface area (Å²) >= 11 is 0. The lowest BCUT2D eigenvalue weighted by Gasteiger charge is -2.33. The molecule has 2 fully saturated rings. The Kier molecular flexibility index (Phi) is 4.83. The van der Waals surface area contributed by atoms with Crippen LogP contribution in [0.15, 0.2) is 24.3 Å². The van der Waals surface area contributed by atoms with Crippen molar-refractivity contribution in [2.24, 2.45) is 11.7 Å². The SMILES string of the molecule is CC(N)C1CCN(C(=O)c2cccc(N3CCCS3(=O)=O)c2)CC1. The van der Waals surface area contributed by atoms with E-state index >= 15 is 0 Å². The van der Waals surface area contributed by atoms with Crippen LogP contribution in [0.3, 0.4) is 0 Å². The number of carbonyl (C=O) groups is 1. The fourth-order valence-corrected chi connectivity index (χ4v) is 5.09. The molecule has 0 bridgehead atoms. The summed E-state index contributed by atoms with van der Waals surface area (Å²) in [4.78, 5) is 14.6. The standard InChI is InChI=1S/C17H25N3O3S/c1-13(18)14-6-9-19(10-7-14)17(21)15-4-2-5-16(12-15)20-8-3-11-24(20,22)23/h2,4-5,12-14H,3,6-11,18H2,1H3. The molecule has 0 spiro atoms. The Morgan fingerprint density at radius 2 is 1.96 bits per heavy atom. The quantitative estimate of drug-likeness (QED) is 0.893. The summed E-state index contributed by atoms with van der Waals surface area (Å²) in [5, 5.41) is 0. The minimum absolute atomic E-state index is 0.0310. The summed E-state index contributed by atoms with van der Waals surface area (Å²) < 4.78 is 25.5. The Hall–Kier alpha value is -1.60. The average molecular weight is 351 g/mol. The van der Waals surface area contributed by atoms with Crippen molar-refractivity contribution in [3.63, 3.8) is 0 Å². The van der Waals surface area contributed by atoms with E-state index in [0.29, 0.717) is 43.2 Å². The normalized spacial score (nSPS) is 22.6. The average Bonchev–Trinajstić information content (AvgIpc) is 2.93. The Labute approximate surface area is 143 Å². The molecule has 1 amide bonds. The fourth-order valence-electron chi connectivity index (χ4n) is 3.53. The van der Waals surface area contributed by atoms with E-state index < -0.39 is 10.0 Å². The zero-order chi connectivity index (χ0) is 17.3. The number of nitrogens with two attached hydrogens (primary N) is 1. The first-order valence-electron chi connectivity index (χ1n) is 8.54. The zero-order valence-corrected chi connectivity index (χ0v) is 14.8. The van der Waals surface area contributed by atoms with Crippen molar-refractivity contribution >= 4 is 21.6 Å². The number of hydrogen-bond donors (Lipinski definition) is 1. The first-order valence-corrected chi connectivity index (χ1v) is 10.1. The number of carbonyl (C=O) groups excluding carboxylic acids is 1. The fraction of sp³-hybridized carbons (Fsp3) is 0.588. The predicted octanol–water partition coefficient (Wildman–Crippen LogP) is 1.43. The molecular formula is C17H25N3O3S. The smallest absolute Gasteiger partial charge is 0.253 e. The number of benzene rings is 1. The van der Waals surface area contributed by atoms with Gasteiger partial charge in [-0.05, 0) is 50.3 Å². The molecule has 1 aromatic carbocycles. The number of rotatable bonds is 3. The number of likely N-dealkylation sites (tertiary alicyclic amines) is 1. The molecule has 3 rings (SSSR count). The van der Waals surface area contributed by atoms with Gasteiger partial charge in [0.05, 0.1) is 11.4 Å². The van der Waals surface area contributed by atoms with Gasteiger partial charge in [0.15, 0.2) is 0 Å². The second kappa shape index (κ2) is 6.72. The molecule has 0 aromatic heterocycles. The Balaban J connectivity index is 1.74. The summed E-state index contributed by atoms with van der Waals surface area (Å²) in [7, 11) is -3.23. The molecule has 0 radical (unpaired) electrons. The third-order valence-electron chi connectivity index (χ3n) is 5.05. The third kappa shape index (κ3) is 3.42. The van der Waals surface area contributed by atoms with Crippen LogP contribution in [0.2, 0.25) is 0 Å². The summed E-state index contributed by atoms with van der Waals surface area (Å²) in [6, 6.07) is 7.12. The molecule has 132 valence electrons. The molecule has 7 heteroatoms. The van der Waals surface area contributed by atoms with E-state index in [4.69, 9.17) is 5.73 Å². The maximum Gasteiger partial charge on any atom is 0.253 e. The molecule has 6 nitrogen and oxygen atoms in total. The van der Waals surface area contributed by atoms with E-state index in [2.05, 4.69) is 0 Å². The maximum atomic E-state index is 12.7. The summed E-state index contributed by atoms with van der Waals surface area (Å²) in [6.45, 7) is 3.91. The molecule has 0 aliphatic carbocycles. The highest BCUT2D eigenvalue weighted by Crippen LogP contribution is 2.26. The van der Waals surface area contributed by atoms with E-state index in [9.17, 15) is 13.2 Å². The van der Waals surface area contributed by atoms with E-state index in [1.165, 1.54) is 4.31 Å². The largest absolute Gasteiger partial charge is 0.339 e. The van der Waals surface area contributed by atoms with Crippen molar-refractivity contribution in [3.8, 4) is 0 Å². The van der Waals surface area contributed by atoms with Crippen LogP contribution in [0, 0.1) is 5.92 Å². The molecule has 1 atom stereocenters. The maximum absolute atomic E-state index is 12.7. The molecule has 2 aliphatic rings. The van der Waals surface area contributed by atoms with Gasteiger partial charge in [-0.25, -0.2) is 8.42 Å². The van der Waals surface area contributed by atoms with Crippen LogP contribution in [-0.2, 0) is 10.0 Å². The van der Waals surface area contributed by atoms with Crippen molar-refractivity contribution < 1.29 is 13.2 Å². The molecule has 2 N–H and O–H groups in total. The van der Waals surface area contributed by atoms with E-state index in [1.807, 2.05) is 11.8 Å². The van der Waals surface area contributed by atoms with Gasteiger partial charge in [0.2, 0.25) is 10.0 Å². The second-order valence-electron chi connectivity index (χ2n) is 6.78. The van der Waals surface area contributed by atoms with E-state index in [0.717, 1.165) is 12.8 Å². The van der Waals surface area contributed by atoms with Gasteiger partial charge in [-0.15, -0.1) is 0 Å². The summed E-state index contributed by atoms with van der Waals surface area (Å²) in [6.07, 6.45) is 2.47.